The number of carboxylic acid groups (broad SMARTS) is 1. The summed E-state index contributed by atoms with van der Waals surface area (Å²) in [6.45, 7) is 1.41. The Labute approximate surface area is 112 Å². The number of nitro groups is 1. The Morgan fingerprint density at radius 1 is 1.50 bits per heavy atom. The van der Waals surface area contributed by atoms with Crippen molar-refractivity contribution in [3.8, 4) is 5.75 Å². The molecule has 0 unspecified atom stereocenters. The van der Waals surface area contributed by atoms with Crippen LogP contribution in [0.15, 0.2) is 22.6 Å². The molecule has 1 N–H and O–H groups in total. The Balaban J connectivity index is 2.29. The molecule has 0 aliphatic carbocycles. The van der Waals surface area contributed by atoms with Gasteiger partial charge in [0.1, 0.15) is 5.75 Å². The van der Waals surface area contributed by atoms with E-state index in [9.17, 15) is 14.9 Å². The fourth-order valence-electron chi connectivity index (χ4n) is 1.54. The Morgan fingerprint density at radius 2 is 2.25 bits per heavy atom. The van der Waals surface area contributed by atoms with Crippen LogP contribution in [0, 0.1) is 17.0 Å². The van der Waals surface area contributed by atoms with Crippen molar-refractivity contribution in [3.63, 3.8) is 0 Å². The highest BCUT2D eigenvalue weighted by atomic mass is 16.6. The first kappa shape index (κ1) is 13.5. The summed E-state index contributed by atoms with van der Waals surface area (Å²) < 4.78 is 10.3. The monoisotopic (exact) mass is 279 g/mol. The van der Waals surface area contributed by atoms with Crippen LogP contribution in [0.1, 0.15) is 22.1 Å². The molecule has 0 atom stereocenters. The first-order valence-corrected chi connectivity index (χ1v) is 5.41. The molecule has 0 saturated carbocycles. The van der Waals surface area contributed by atoms with Gasteiger partial charge in [-0.15, -0.1) is 10.2 Å². The number of hydrogen-bond donors (Lipinski definition) is 1. The lowest BCUT2D eigenvalue weighted by Gasteiger charge is -2.07. The number of aromatic nitrogens is 2. The number of ether oxygens (including phenoxy) is 1. The number of nitrogens with zero attached hydrogens (tertiary/aromatic N) is 3. The molecule has 0 spiro atoms. The SMILES string of the molecule is Cc1nnc(COc2cccc([N+](=O)[O-])c2C(=O)O)o1. The molecule has 1 aromatic carbocycles. The highest BCUT2D eigenvalue weighted by molar-refractivity contribution is 5.95. The normalized spacial score (nSPS) is 10.2. The number of benzene rings is 1. The molecule has 0 fully saturated rings. The highest BCUT2D eigenvalue weighted by Gasteiger charge is 2.25. The largest absolute Gasteiger partial charge is 0.483 e. The van der Waals surface area contributed by atoms with E-state index in [0.29, 0.717) is 5.89 Å². The van der Waals surface area contributed by atoms with Crippen LogP contribution < -0.4 is 4.74 Å². The first-order chi connectivity index (χ1) is 9.49. The topological polar surface area (TPSA) is 129 Å². The summed E-state index contributed by atoms with van der Waals surface area (Å²) in [4.78, 5) is 21.1. The van der Waals surface area contributed by atoms with Gasteiger partial charge in [-0.1, -0.05) is 6.07 Å². The summed E-state index contributed by atoms with van der Waals surface area (Å²) in [6, 6.07) is 3.74. The lowest BCUT2D eigenvalue weighted by atomic mass is 10.1. The fourth-order valence-corrected chi connectivity index (χ4v) is 1.54. The second kappa shape index (κ2) is 5.34. The summed E-state index contributed by atoms with van der Waals surface area (Å²) in [5.41, 5.74) is -1.06. The molecular weight excluding hydrogens is 270 g/mol. The zero-order valence-electron chi connectivity index (χ0n) is 10.3. The molecule has 0 radical (unpaired) electrons. The standard InChI is InChI=1S/C11H9N3O6/c1-6-12-13-9(20-6)5-19-8-4-2-3-7(14(17)18)10(8)11(15)16/h2-4H,5H2,1H3,(H,15,16). The average molecular weight is 279 g/mol. The molecule has 0 bridgehead atoms. The first-order valence-electron chi connectivity index (χ1n) is 5.41. The van der Waals surface area contributed by atoms with E-state index in [2.05, 4.69) is 10.2 Å². The van der Waals surface area contributed by atoms with Crippen LogP contribution in [-0.2, 0) is 6.61 Å². The Hall–Kier alpha value is -2.97. The van der Waals surface area contributed by atoms with Gasteiger partial charge in [0.25, 0.3) is 11.6 Å². The maximum atomic E-state index is 11.1. The van der Waals surface area contributed by atoms with Gasteiger partial charge in [-0.2, -0.15) is 0 Å². The lowest BCUT2D eigenvalue weighted by Crippen LogP contribution is -2.07. The number of rotatable bonds is 5. The zero-order chi connectivity index (χ0) is 14.7. The predicted octanol–water partition coefficient (Wildman–Crippen LogP) is 1.56. The van der Waals surface area contributed by atoms with E-state index in [4.69, 9.17) is 14.3 Å². The van der Waals surface area contributed by atoms with Crippen molar-refractivity contribution < 1.29 is 24.0 Å². The zero-order valence-corrected chi connectivity index (χ0v) is 10.3. The van der Waals surface area contributed by atoms with Crippen molar-refractivity contribution in [1.82, 2.24) is 10.2 Å². The van der Waals surface area contributed by atoms with Crippen LogP contribution in [0.5, 0.6) is 5.75 Å². The quantitative estimate of drug-likeness (QED) is 0.644. The van der Waals surface area contributed by atoms with E-state index in [1.165, 1.54) is 12.1 Å². The van der Waals surface area contributed by atoms with Crippen molar-refractivity contribution in [2.24, 2.45) is 0 Å². The third kappa shape index (κ3) is 2.71. The summed E-state index contributed by atoms with van der Waals surface area (Å²) in [7, 11) is 0. The molecule has 9 nitrogen and oxygen atoms in total. The summed E-state index contributed by atoms with van der Waals surface area (Å²) in [5, 5.41) is 27.1. The van der Waals surface area contributed by atoms with E-state index in [1.807, 2.05) is 0 Å². The Bertz CT molecular complexity index is 666. The van der Waals surface area contributed by atoms with Crippen molar-refractivity contribution in [2.75, 3.05) is 0 Å². The molecule has 1 aromatic heterocycles. The van der Waals surface area contributed by atoms with Crippen molar-refractivity contribution in [2.45, 2.75) is 13.5 Å². The Kier molecular flexibility index (Phi) is 3.60. The highest BCUT2D eigenvalue weighted by Crippen LogP contribution is 2.28. The van der Waals surface area contributed by atoms with Gasteiger partial charge in [-0.25, -0.2) is 4.79 Å². The van der Waals surface area contributed by atoms with Crippen LogP contribution in [0.3, 0.4) is 0 Å². The van der Waals surface area contributed by atoms with Gasteiger partial charge >= 0.3 is 5.97 Å². The van der Waals surface area contributed by atoms with Gasteiger partial charge < -0.3 is 14.3 Å². The van der Waals surface area contributed by atoms with Gasteiger partial charge in [-0.3, -0.25) is 10.1 Å². The van der Waals surface area contributed by atoms with E-state index in [1.54, 1.807) is 6.92 Å². The van der Waals surface area contributed by atoms with Gasteiger partial charge in [0.15, 0.2) is 12.2 Å². The van der Waals surface area contributed by atoms with Crippen LogP contribution in [0.25, 0.3) is 0 Å². The minimum absolute atomic E-state index is 0.137. The lowest BCUT2D eigenvalue weighted by molar-refractivity contribution is -0.385. The van der Waals surface area contributed by atoms with Crippen molar-refractivity contribution >= 4 is 11.7 Å². The van der Waals surface area contributed by atoms with Gasteiger partial charge in [-0.05, 0) is 6.07 Å². The average Bonchev–Trinajstić information content (AvgIpc) is 2.81. The van der Waals surface area contributed by atoms with Crippen molar-refractivity contribution in [3.05, 3.63) is 45.7 Å². The summed E-state index contributed by atoms with van der Waals surface area (Å²) in [6.07, 6.45) is 0. The second-order valence-electron chi connectivity index (χ2n) is 3.72. The molecule has 0 saturated heterocycles. The number of aromatic carboxylic acids is 1. The Morgan fingerprint density at radius 3 is 2.80 bits per heavy atom. The van der Waals surface area contributed by atoms with Gasteiger partial charge in [0.2, 0.25) is 5.89 Å². The van der Waals surface area contributed by atoms with E-state index in [0.717, 1.165) is 6.07 Å². The molecule has 0 aliphatic rings. The minimum Gasteiger partial charge on any atom is -0.483 e. The third-order valence-corrected chi connectivity index (χ3v) is 2.33. The summed E-state index contributed by atoms with van der Waals surface area (Å²) in [5.74, 6) is -1.11. The van der Waals surface area contributed by atoms with Crippen molar-refractivity contribution in [1.29, 1.82) is 0 Å². The summed E-state index contributed by atoms with van der Waals surface area (Å²) >= 11 is 0. The minimum atomic E-state index is -1.45. The molecule has 0 aliphatic heterocycles. The van der Waals surface area contributed by atoms with Gasteiger partial charge in [0.05, 0.1) is 4.92 Å². The maximum absolute atomic E-state index is 11.1. The van der Waals surface area contributed by atoms with Crippen LogP contribution >= 0.6 is 0 Å². The number of carboxylic acids is 1. The third-order valence-electron chi connectivity index (χ3n) is 2.33. The maximum Gasteiger partial charge on any atom is 0.346 e. The van der Waals surface area contributed by atoms with E-state index in [-0.39, 0.29) is 18.2 Å². The molecule has 9 heteroatoms. The molecule has 104 valence electrons. The van der Waals surface area contributed by atoms with E-state index < -0.39 is 22.1 Å². The smallest absolute Gasteiger partial charge is 0.346 e. The number of nitro benzene ring substituents is 1. The predicted molar refractivity (Wildman–Crippen MR) is 63.4 cm³/mol. The molecule has 2 rings (SSSR count). The van der Waals surface area contributed by atoms with E-state index >= 15 is 0 Å². The number of aryl methyl sites for hydroxylation is 1. The molecule has 20 heavy (non-hydrogen) atoms. The second-order valence-corrected chi connectivity index (χ2v) is 3.72. The van der Waals surface area contributed by atoms with Crippen LogP contribution in [0.2, 0.25) is 0 Å². The molecular formula is C11H9N3O6. The van der Waals surface area contributed by atoms with Crippen LogP contribution in [0.4, 0.5) is 5.69 Å². The van der Waals surface area contributed by atoms with Gasteiger partial charge in [0, 0.05) is 13.0 Å². The molecule has 2 aromatic rings. The molecule has 0 amide bonds. The molecule has 1 heterocycles. The van der Waals surface area contributed by atoms with Crippen LogP contribution in [-0.4, -0.2) is 26.2 Å². The number of carbonyl (C=O) groups is 1. The fraction of sp³-hybridized carbons (Fsp3) is 0.182. The number of hydrogen-bond acceptors (Lipinski definition) is 7.